The minimum Gasteiger partial charge on any atom is -0.487 e. The first-order valence-electron chi connectivity index (χ1n) is 8.52. The molecule has 0 fully saturated rings. The van der Waals surface area contributed by atoms with E-state index in [9.17, 15) is 5.11 Å². The van der Waals surface area contributed by atoms with E-state index in [1.807, 2.05) is 12.1 Å². The van der Waals surface area contributed by atoms with Gasteiger partial charge in [0, 0.05) is 6.42 Å². The third-order valence-corrected chi connectivity index (χ3v) is 4.30. The molecule has 2 heteroatoms. The van der Waals surface area contributed by atoms with Gasteiger partial charge in [0.25, 0.3) is 0 Å². The number of rotatable bonds is 8. The zero-order valence-corrected chi connectivity index (χ0v) is 13.8. The predicted molar refractivity (Wildman–Crippen MR) is 87.8 cm³/mol. The molecule has 1 atom stereocenters. The lowest BCUT2D eigenvalue weighted by molar-refractivity contribution is 0.138. The van der Waals surface area contributed by atoms with Gasteiger partial charge in [0.05, 0.1) is 6.10 Å². The van der Waals surface area contributed by atoms with Crippen LogP contribution in [0.2, 0.25) is 0 Å². The first-order chi connectivity index (χ1) is 10.0. The van der Waals surface area contributed by atoms with Gasteiger partial charge in [-0.15, -0.1) is 0 Å². The summed E-state index contributed by atoms with van der Waals surface area (Å²) in [5.41, 5.74) is 2.17. The van der Waals surface area contributed by atoms with Crippen molar-refractivity contribution >= 4 is 0 Å². The largest absolute Gasteiger partial charge is 0.487 e. The molecule has 1 aromatic rings. The molecule has 0 spiro atoms. The highest BCUT2D eigenvalue weighted by Gasteiger charge is 2.30. The van der Waals surface area contributed by atoms with Crippen molar-refractivity contribution < 1.29 is 9.84 Å². The molecule has 1 aliphatic rings. The summed E-state index contributed by atoms with van der Waals surface area (Å²) in [6, 6.07) is 6.16. The maximum Gasteiger partial charge on any atom is 0.123 e. The Kier molecular flexibility index (Phi) is 5.69. The van der Waals surface area contributed by atoms with Crippen molar-refractivity contribution in [2.45, 2.75) is 83.8 Å². The summed E-state index contributed by atoms with van der Waals surface area (Å²) in [6.45, 7) is 6.46. The van der Waals surface area contributed by atoms with Crippen LogP contribution in [0, 0.1) is 0 Å². The van der Waals surface area contributed by atoms with Crippen LogP contribution in [0.5, 0.6) is 5.75 Å². The van der Waals surface area contributed by atoms with Crippen LogP contribution in [0.15, 0.2) is 18.2 Å². The fourth-order valence-electron chi connectivity index (χ4n) is 3.12. The van der Waals surface area contributed by atoms with E-state index in [1.54, 1.807) is 0 Å². The highest BCUT2D eigenvalue weighted by molar-refractivity contribution is 5.42. The van der Waals surface area contributed by atoms with Crippen LogP contribution in [0.25, 0.3) is 0 Å². The molecule has 2 rings (SSSR count). The Morgan fingerprint density at radius 3 is 2.62 bits per heavy atom. The number of unbranched alkanes of at least 4 members (excludes halogenated alkanes) is 5. The Labute approximate surface area is 129 Å². The lowest BCUT2D eigenvalue weighted by atomic mass is 9.97. The van der Waals surface area contributed by atoms with E-state index in [0.29, 0.717) is 0 Å². The predicted octanol–water partition coefficient (Wildman–Crippen LogP) is 5.18. The molecule has 2 nitrogen and oxygen atoms in total. The fraction of sp³-hybridized carbons (Fsp3) is 0.684. The van der Waals surface area contributed by atoms with Gasteiger partial charge in [0.15, 0.2) is 0 Å². The molecule has 1 unspecified atom stereocenters. The average Bonchev–Trinajstić information content (AvgIpc) is 2.75. The topological polar surface area (TPSA) is 29.5 Å². The van der Waals surface area contributed by atoms with Crippen molar-refractivity contribution in [3.8, 4) is 5.75 Å². The smallest absolute Gasteiger partial charge is 0.123 e. The van der Waals surface area contributed by atoms with Crippen LogP contribution in [0.1, 0.15) is 82.9 Å². The minimum atomic E-state index is -0.329. The zero-order valence-electron chi connectivity index (χ0n) is 13.8. The molecule has 0 radical (unpaired) electrons. The number of hydrogen-bond donors (Lipinski definition) is 1. The van der Waals surface area contributed by atoms with Crippen LogP contribution < -0.4 is 4.74 Å². The molecular weight excluding hydrogens is 260 g/mol. The van der Waals surface area contributed by atoms with Gasteiger partial charge >= 0.3 is 0 Å². The minimum absolute atomic E-state index is 0.106. The standard InChI is InChI=1S/C19H30O2/c1-4-5-6-7-8-9-10-17(20)15-11-12-18-16(13-15)14-19(2,3)21-18/h11-13,17,20H,4-10,14H2,1-3H3. The van der Waals surface area contributed by atoms with Crippen LogP contribution >= 0.6 is 0 Å². The van der Waals surface area contributed by atoms with E-state index in [4.69, 9.17) is 4.74 Å². The van der Waals surface area contributed by atoms with Crippen LogP contribution in [-0.4, -0.2) is 10.7 Å². The van der Waals surface area contributed by atoms with E-state index in [1.165, 1.54) is 37.7 Å². The average molecular weight is 290 g/mol. The molecule has 0 amide bonds. The van der Waals surface area contributed by atoms with E-state index < -0.39 is 0 Å². The number of benzene rings is 1. The van der Waals surface area contributed by atoms with Crippen LogP contribution in [0.3, 0.4) is 0 Å². The molecule has 1 aliphatic heterocycles. The number of aliphatic hydroxyl groups is 1. The summed E-state index contributed by atoms with van der Waals surface area (Å²) in [4.78, 5) is 0. The first-order valence-corrected chi connectivity index (χ1v) is 8.52. The highest BCUT2D eigenvalue weighted by atomic mass is 16.5. The highest BCUT2D eigenvalue weighted by Crippen LogP contribution is 2.36. The Morgan fingerprint density at radius 1 is 1.14 bits per heavy atom. The monoisotopic (exact) mass is 290 g/mol. The lowest BCUT2D eigenvalue weighted by Gasteiger charge is -2.16. The van der Waals surface area contributed by atoms with E-state index in [0.717, 1.165) is 30.6 Å². The van der Waals surface area contributed by atoms with Gasteiger partial charge in [-0.05, 0) is 43.5 Å². The van der Waals surface area contributed by atoms with E-state index >= 15 is 0 Å². The molecule has 1 N–H and O–H groups in total. The second-order valence-corrected chi connectivity index (χ2v) is 6.98. The number of fused-ring (bicyclic) bond motifs is 1. The van der Waals surface area contributed by atoms with Gasteiger partial charge in [0.2, 0.25) is 0 Å². The maximum absolute atomic E-state index is 10.3. The lowest BCUT2D eigenvalue weighted by Crippen LogP contribution is -2.24. The summed E-state index contributed by atoms with van der Waals surface area (Å²) in [5, 5.41) is 10.3. The third kappa shape index (κ3) is 4.74. The Bertz CT molecular complexity index is 451. The maximum atomic E-state index is 10.3. The molecular formula is C19H30O2. The third-order valence-electron chi connectivity index (χ3n) is 4.30. The molecule has 0 aliphatic carbocycles. The molecule has 0 aromatic heterocycles. The number of aliphatic hydroxyl groups excluding tert-OH is 1. The summed E-state index contributed by atoms with van der Waals surface area (Å²) >= 11 is 0. The summed E-state index contributed by atoms with van der Waals surface area (Å²) in [7, 11) is 0. The van der Waals surface area contributed by atoms with E-state index in [-0.39, 0.29) is 11.7 Å². The van der Waals surface area contributed by atoms with Crippen molar-refractivity contribution in [2.24, 2.45) is 0 Å². The van der Waals surface area contributed by atoms with Gasteiger partial charge in [0.1, 0.15) is 11.4 Å². The Hall–Kier alpha value is -1.02. The molecule has 0 bridgehead atoms. The summed E-state index contributed by atoms with van der Waals surface area (Å²) < 4.78 is 5.88. The first kappa shape index (κ1) is 16.4. The number of ether oxygens (including phenoxy) is 1. The van der Waals surface area contributed by atoms with Crippen molar-refractivity contribution in [3.05, 3.63) is 29.3 Å². The molecule has 0 saturated heterocycles. The molecule has 1 heterocycles. The van der Waals surface area contributed by atoms with Crippen molar-refractivity contribution in [1.29, 1.82) is 0 Å². The fourth-order valence-corrected chi connectivity index (χ4v) is 3.12. The van der Waals surface area contributed by atoms with Gasteiger partial charge < -0.3 is 9.84 Å². The number of hydrogen-bond acceptors (Lipinski definition) is 2. The second-order valence-electron chi connectivity index (χ2n) is 6.98. The van der Waals surface area contributed by atoms with Gasteiger partial charge in [-0.1, -0.05) is 51.5 Å². The zero-order chi connectivity index (χ0) is 15.3. The SMILES string of the molecule is CCCCCCCCC(O)c1ccc2c(c1)CC(C)(C)O2. The van der Waals surface area contributed by atoms with Gasteiger partial charge in [-0.25, -0.2) is 0 Å². The second kappa shape index (κ2) is 7.31. The molecule has 0 saturated carbocycles. The van der Waals surface area contributed by atoms with Gasteiger partial charge in [-0.2, -0.15) is 0 Å². The van der Waals surface area contributed by atoms with Crippen LogP contribution in [0.4, 0.5) is 0 Å². The normalized spacial score (nSPS) is 17.3. The van der Waals surface area contributed by atoms with Crippen molar-refractivity contribution in [1.82, 2.24) is 0 Å². The van der Waals surface area contributed by atoms with Crippen molar-refractivity contribution in [3.63, 3.8) is 0 Å². The Morgan fingerprint density at radius 2 is 1.86 bits per heavy atom. The molecule has 1 aromatic carbocycles. The van der Waals surface area contributed by atoms with E-state index in [2.05, 4.69) is 26.8 Å². The molecule has 118 valence electrons. The molecule has 21 heavy (non-hydrogen) atoms. The Balaban J connectivity index is 1.80. The van der Waals surface area contributed by atoms with Crippen molar-refractivity contribution in [2.75, 3.05) is 0 Å². The van der Waals surface area contributed by atoms with Crippen LogP contribution in [-0.2, 0) is 6.42 Å². The summed E-state index contributed by atoms with van der Waals surface area (Å²) in [5.74, 6) is 0.982. The quantitative estimate of drug-likeness (QED) is 0.668. The van der Waals surface area contributed by atoms with Gasteiger partial charge in [-0.3, -0.25) is 0 Å². The summed E-state index contributed by atoms with van der Waals surface area (Å²) in [6.07, 6.45) is 9.08.